The number of nitrogens with one attached hydrogen (secondary N) is 1. The van der Waals surface area contributed by atoms with Gasteiger partial charge in [0.25, 0.3) is 0 Å². The first-order valence-electron chi connectivity index (χ1n) is 7.34. The molecule has 0 aliphatic rings. The number of benzene rings is 2. The zero-order chi connectivity index (χ0) is 16.5. The van der Waals surface area contributed by atoms with Gasteiger partial charge < -0.3 is 10.1 Å². The molecule has 1 N–H and O–H groups in total. The van der Waals surface area contributed by atoms with Crippen molar-refractivity contribution in [2.45, 2.75) is 0 Å². The Kier molecular flexibility index (Phi) is 6.16. The summed E-state index contributed by atoms with van der Waals surface area (Å²) in [6, 6.07) is 18.4. The van der Waals surface area contributed by atoms with E-state index in [-0.39, 0.29) is 12.5 Å². The number of carbonyl (C=O) groups is 1. The largest absolute Gasteiger partial charge is 0.492 e. The third-order valence-corrected chi connectivity index (χ3v) is 3.20. The molecule has 2 rings (SSSR count). The number of nitrogens with zero attached hydrogens (tertiary/aromatic N) is 2. The first-order valence-corrected chi connectivity index (χ1v) is 7.34. The van der Waals surface area contributed by atoms with E-state index in [2.05, 4.69) is 5.32 Å². The normalized spacial score (nSPS) is 10.1. The van der Waals surface area contributed by atoms with Crippen LogP contribution in [0.25, 0.3) is 0 Å². The van der Waals surface area contributed by atoms with Gasteiger partial charge in [0.05, 0.1) is 18.2 Å². The van der Waals surface area contributed by atoms with Crippen molar-refractivity contribution in [1.29, 1.82) is 5.26 Å². The number of amides is 1. The highest BCUT2D eigenvalue weighted by Gasteiger charge is 2.07. The lowest BCUT2D eigenvalue weighted by molar-refractivity contribution is -0.117. The van der Waals surface area contributed by atoms with Crippen LogP contribution in [0.15, 0.2) is 54.6 Å². The van der Waals surface area contributed by atoms with Gasteiger partial charge in [-0.05, 0) is 43.4 Å². The third kappa shape index (κ3) is 5.81. The highest BCUT2D eigenvalue weighted by molar-refractivity contribution is 5.92. The van der Waals surface area contributed by atoms with E-state index in [1.165, 1.54) is 0 Å². The molecule has 0 saturated heterocycles. The van der Waals surface area contributed by atoms with Gasteiger partial charge in [0, 0.05) is 12.2 Å². The average molecular weight is 309 g/mol. The van der Waals surface area contributed by atoms with Crippen LogP contribution in [0.1, 0.15) is 5.56 Å². The van der Waals surface area contributed by atoms with Gasteiger partial charge in [-0.15, -0.1) is 0 Å². The summed E-state index contributed by atoms with van der Waals surface area (Å²) in [5.74, 6) is 0.722. The van der Waals surface area contributed by atoms with Gasteiger partial charge in [-0.25, -0.2) is 0 Å². The van der Waals surface area contributed by atoms with E-state index >= 15 is 0 Å². The third-order valence-electron chi connectivity index (χ3n) is 3.20. The molecule has 0 saturated carbocycles. The van der Waals surface area contributed by atoms with Crippen molar-refractivity contribution in [3.63, 3.8) is 0 Å². The Morgan fingerprint density at radius 2 is 1.87 bits per heavy atom. The second kappa shape index (κ2) is 8.57. The number of likely N-dealkylation sites (N-methyl/N-ethyl adjacent to an activating group) is 1. The maximum atomic E-state index is 12.0. The van der Waals surface area contributed by atoms with Crippen molar-refractivity contribution >= 4 is 11.6 Å². The number of rotatable bonds is 7. The molecule has 118 valence electrons. The van der Waals surface area contributed by atoms with Crippen molar-refractivity contribution < 1.29 is 9.53 Å². The summed E-state index contributed by atoms with van der Waals surface area (Å²) in [6.45, 7) is 1.44. The second-order valence-electron chi connectivity index (χ2n) is 5.14. The number of carbonyl (C=O) groups excluding carboxylic acids is 1. The van der Waals surface area contributed by atoms with Crippen molar-refractivity contribution in [3.8, 4) is 11.8 Å². The number of anilines is 1. The maximum Gasteiger partial charge on any atom is 0.238 e. The van der Waals surface area contributed by atoms with Gasteiger partial charge in [0.1, 0.15) is 12.4 Å². The fourth-order valence-electron chi connectivity index (χ4n) is 1.99. The molecule has 2 aromatic carbocycles. The standard InChI is InChI=1S/C18H19N3O2/c1-21(11-12-23-17-5-3-2-4-6-17)14-18(22)20-16-9-7-15(13-19)8-10-16/h2-10H,11-12,14H2,1H3,(H,20,22). The van der Waals surface area contributed by atoms with E-state index in [1.54, 1.807) is 24.3 Å². The molecule has 1 amide bonds. The Hall–Kier alpha value is -2.84. The molecule has 2 aromatic rings. The van der Waals surface area contributed by atoms with Crippen LogP contribution in [0.4, 0.5) is 5.69 Å². The second-order valence-corrected chi connectivity index (χ2v) is 5.14. The lowest BCUT2D eigenvalue weighted by Gasteiger charge is -2.16. The molecule has 0 aliphatic carbocycles. The lowest BCUT2D eigenvalue weighted by atomic mass is 10.2. The average Bonchev–Trinajstić information content (AvgIpc) is 2.56. The molecule has 23 heavy (non-hydrogen) atoms. The van der Waals surface area contributed by atoms with Crippen molar-refractivity contribution in [2.75, 3.05) is 32.1 Å². The van der Waals surface area contributed by atoms with Crippen LogP contribution in [0.2, 0.25) is 0 Å². The molecule has 5 heteroatoms. The van der Waals surface area contributed by atoms with Gasteiger partial charge in [-0.1, -0.05) is 18.2 Å². The fraction of sp³-hybridized carbons (Fsp3) is 0.222. The van der Waals surface area contributed by atoms with Gasteiger partial charge in [0.2, 0.25) is 5.91 Å². The zero-order valence-corrected chi connectivity index (χ0v) is 13.0. The molecule has 0 unspecified atom stereocenters. The molecule has 0 bridgehead atoms. The van der Waals surface area contributed by atoms with Gasteiger partial charge in [-0.3, -0.25) is 9.69 Å². The maximum absolute atomic E-state index is 12.0. The molecule has 0 aromatic heterocycles. The molecule has 0 spiro atoms. The van der Waals surface area contributed by atoms with Crippen LogP contribution in [0, 0.1) is 11.3 Å². The van der Waals surface area contributed by atoms with Gasteiger partial charge in [0.15, 0.2) is 0 Å². The minimum absolute atomic E-state index is 0.100. The first kappa shape index (κ1) is 16.5. The SMILES string of the molecule is CN(CCOc1ccccc1)CC(=O)Nc1ccc(C#N)cc1. The highest BCUT2D eigenvalue weighted by Crippen LogP contribution is 2.09. The first-order chi connectivity index (χ1) is 11.2. The van der Waals surface area contributed by atoms with E-state index in [0.717, 1.165) is 5.75 Å². The molecule has 0 radical (unpaired) electrons. The summed E-state index contributed by atoms with van der Waals surface area (Å²) in [4.78, 5) is 13.8. The molecular formula is C18H19N3O2. The lowest BCUT2D eigenvalue weighted by Crippen LogP contribution is -2.33. The van der Waals surface area contributed by atoms with E-state index in [4.69, 9.17) is 10.00 Å². The monoisotopic (exact) mass is 309 g/mol. The molecule has 5 nitrogen and oxygen atoms in total. The summed E-state index contributed by atoms with van der Waals surface area (Å²) >= 11 is 0. The summed E-state index contributed by atoms with van der Waals surface area (Å²) in [5.41, 5.74) is 1.25. The molecule has 0 fully saturated rings. The van der Waals surface area contributed by atoms with Crippen LogP contribution in [-0.4, -0.2) is 37.6 Å². The minimum atomic E-state index is -0.100. The number of hydrogen-bond acceptors (Lipinski definition) is 4. The predicted molar refractivity (Wildman–Crippen MR) is 89.2 cm³/mol. The van der Waals surface area contributed by atoms with Gasteiger partial charge in [-0.2, -0.15) is 5.26 Å². The number of nitriles is 1. The zero-order valence-electron chi connectivity index (χ0n) is 13.0. The minimum Gasteiger partial charge on any atom is -0.492 e. The van der Waals surface area contributed by atoms with Crippen LogP contribution >= 0.6 is 0 Å². The fourth-order valence-corrected chi connectivity index (χ4v) is 1.99. The number of para-hydroxylation sites is 1. The Bertz CT molecular complexity index is 663. The van der Waals surface area contributed by atoms with Crippen molar-refractivity contribution in [3.05, 3.63) is 60.2 Å². The molecule has 0 atom stereocenters. The Labute approximate surface area is 136 Å². The smallest absolute Gasteiger partial charge is 0.238 e. The quantitative estimate of drug-likeness (QED) is 0.853. The van der Waals surface area contributed by atoms with Gasteiger partial charge >= 0.3 is 0 Å². The van der Waals surface area contributed by atoms with Crippen molar-refractivity contribution in [1.82, 2.24) is 4.90 Å². The molecular weight excluding hydrogens is 290 g/mol. The van der Waals surface area contributed by atoms with Crippen molar-refractivity contribution in [2.24, 2.45) is 0 Å². The number of ether oxygens (including phenoxy) is 1. The molecule has 0 aliphatic heterocycles. The van der Waals surface area contributed by atoms with Crippen LogP contribution in [0.3, 0.4) is 0 Å². The Balaban J connectivity index is 1.70. The van der Waals surface area contributed by atoms with E-state index in [9.17, 15) is 4.79 Å². The van der Waals surface area contributed by atoms with Crippen LogP contribution < -0.4 is 10.1 Å². The van der Waals surface area contributed by atoms with E-state index < -0.39 is 0 Å². The van der Waals surface area contributed by atoms with E-state index in [1.807, 2.05) is 48.3 Å². The predicted octanol–water partition coefficient (Wildman–Crippen LogP) is 2.51. The Morgan fingerprint density at radius 3 is 2.52 bits per heavy atom. The van der Waals surface area contributed by atoms with Crippen LogP contribution in [0.5, 0.6) is 5.75 Å². The summed E-state index contributed by atoms with van der Waals surface area (Å²) < 4.78 is 5.60. The highest BCUT2D eigenvalue weighted by atomic mass is 16.5. The summed E-state index contributed by atoms with van der Waals surface area (Å²) in [7, 11) is 1.87. The summed E-state index contributed by atoms with van der Waals surface area (Å²) in [5, 5.41) is 11.5. The topological polar surface area (TPSA) is 65.4 Å². The summed E-state index contributed by atoms with van der Waals surface area (Å²) in [6.07, 6.45) is 0. The molecule has 0 heterocycles. The Morgan fingerprint density at radius 1 is 1.17 bits per heavy atom. The number of hydrogen-bond donors (Lipinski definition) is 1. The van der Waals surface area contributed by atoms with E-state index in [0.29, 0.717) is 24.4 Å². The van der Waals surface area contributed by atoms with Crippen LogP contribution in [-0.2, 0) is 4.79 Å².